The number of methoxy groups -OCH3 is 1. The van der Waals surface area contributed by atoms with E-state index in [1.165, 1.54) is 5.56 Å². The summed E-state index contributed by atoms with van der Waals surface area (Å²) in [6.45, 7) is 4.62. The molecule has 0 bridgehead atoms. The number of anilines is 1. The van der Waals surface area contributed by atoms with E-state index >= 15 is 0 Å². The van der Waals surface area contributed by atoms with Gasteiger partial charge in [-0.1, -0.05) is 12.1 Å². The van der Waals surface area contributed by atoms with E-state index in [1.54, 1.807) is 19.4 Å². The zero-order valence-electron chi connectivity index (χ0n) is 13.8. The van der Waals surface area contributed by atoms with Gasteiger partial charge in [0, 0.05) is 24.5 Å². The second-order valence-electron chi connectivity index (χ2n) is 5.59. The van der Waals surface area contributed by atoms with Gasteiger partial charge >= 0.3 is 0 Å². The first-order chi connectivity index (χ1) is 11.1. The number of nitrogens with one attached hydrogen (secondary N) is 2. The van der Waals surface area contributed by atoms with Gasteiger partial charge in [-0.3, -0.25) is 9.78 Å². The molecule has 2 aromatic rings. The summed E-state index contributed by atoms with van der Waals surface area (Å²) in [5.41, 5.74) is 2.51. The first kappa shape index (κ1) is 16.8. The molecule has 0 radical (unpaired) electrons. The number of carbonyl (C=O) groups excluding carboxylic acids is 1. The number of hydrogen-bond acceptors (Lipinski definition) is 4. The summed E-state index contributed by atoms with van der Waals surface area (Å²) in [5.74, 6) is 0.704. The molecule has 0 saturated heterocycles. The van der Waals surface area contributed by atoms with Gasteiger partial charge in [0.05, 0.1) is 7.11 Å². The van der Waals surface area contributed by atoms with Crippen molar-refractivity contribution in [2.45, 2.75) is 26.3 Å². The normalized spacial score (nSPS) is 10.4. The molecule has 5 nitrogen and oxygen atoms in total. The van der Waals surface area contributed by atoms with Crippen molar-refractivity contribution in [3.63, 3.8) is 0 Å². The van der Waals surface area contributed by atoms with Crippen molar-refractivity contribution in [3.8, 4) is 5.75 Å². The number of ether oxygens (including phenoxy) is 1. The molecule has 0 aliphatic rings. The van der Waals surface area contributed by atoms with Crippen molar-refractivity contribution in [2.75, 3.05) is 19.0 Å². The van der Waals surface area contributed by atoms with Crippen molar-refractivity contribution in [1.29, 1.82) is 0 Å². The number of pyridine rings is 1. The van der Waals surface area contributed by atoms with Gasteiger partial charge in [0.2, 0.25) is 0 Å². The molecule has 0 fully saturated rings. The Bertz CT molecular complexity index is 656. The van der Waals surface area contributed by atoms with Gasteiger partial charge in [-0.05, 0) is 50.1 Å². The molecule has 2 N–H and O–H groups in total. The predicted molar refractivity (Wildman–Crippen MR) is 92.0 cm³/mol. The van der Waals surface area contributed by atoms with E-state index in [2.05, 4.69) is 21.7 Å². The fraction of sp³-hybridized carbons (Fsp3) is 0.333. The number of carbonyl (C=O) groups is 1. The summed E-state index contributed by atoms with van der Waals surface area (Å²) in [7, 11) is 1.66. The molecule has 1 aromatic heterocycles. The lowest BCUT2D eigenvalue weighted by molar-refractivity contribution is 0.0938. The summed E-state index contributed by atoms with van der Waals surface area (Å²) >= 11 is 0. The molecule has 0 saturated carbocycles. The van der Waals surface area contributed by atoms with E-state index in [0.717, 1.165) is 24.4 Å². The molecule has 1 aromatic carbocycles. The molecule has 122 valence electrons. The zero-order chi connectivity index (χ0) is 16.7. The first-order valence-electron chi connectivity index (χ1n) is 7.72. The van der Waals surface area contributed by atoms with Gasteiger partial charge in [0.15, 0.2) is 0 Å². The second kappa shape index (κ2) is 8.17. The number of rotatable bonds is 7. The molecule has 1 amide bonds. The minimum absolute atomic E-state index is 0.0916. The quantitative estimate of drug-likeness (QED) is 0.825. The SMILES string of the molecule is COc1cccc(CCNc2ccnc(C(=O)NC(C)C)c2)c1. The summed E-state index contributed by atoms with van der Waals surface area (Å²) in [6.07, 6.45) is 2.51. The maximum atomic E-state index is 12.0. The van der Waals surface area contributed by atoms with Crippen molar-refractivity contribution < 1.29 is 9.53 Å². The molecule has 0 aliphatic heterocycles. The Morgan fingerprint density at radius 2 is 2.09 bits per heavy atom. The molecule has 23 heavy (non-hydrogen) atoms. The highest BCUT2D eigenvalue weighted by molar-refractivity contribution is 5.93. The highest BCUT2D eigenvalue weighted by Gasteiger charge is 2.08. The van der Waals surface area contributed by atoms with E-state index in [9.17, 15) is 4.79 Å². The lowest BCUT2D eigenvalue weighted by Crippen LogP contribution is -2.30. The molecule has 5 heteroatoms. The van der Waals surface area contributed by atoms with Crippen LogP contribution in [0.1, 0.15) is 29.9 Å². The fourth-order valence-corrected chi connectivity index (χ4v) is 2.18. The van der Waals surface area contributed by atoms with Crippen LogP contribution in [0.3, 0.4) is 0 Å². The van der Waals surface area contributed by atoms with E-state index in [-0.39, 0.29) is 11.9 Å². The molecular weight excluding hydrogens is 290 g/mol. The van der Waals surface area contributed by atoms with Crippen molar-refractivity contribution in [2.24, 2.45) is 0 Å². The molecule has 0 unspecified atom stereocenters. The van der Waals surface area contributed by atoms with Crippen LogP contribution in [-0.2, 0) is 6.42 Å². The van der Waals surface area contributed by atoms with Crippen LogP contribution in [0.15, 0.2) is 42.6 Å². The van der Waals surface area contributed by atoms with Gasteiger partial charge < -0.3 is 15.4 Å². The van der Waals surface area contributed by atoms with Crippen LogP contribution in [0.25, 0.3) is 0 Å². The molecule has 2 rings (SSSR count). The smallest absolute Gasteiger partial charge is 0.270 e. The molecule has 1 heterocycles. The van der Waals surface area contributed by atoms with Gasteiger partial charge in [0.1, 0.15) is 11.4 Å². The number of aromatic nitrogens is 1. The molecule has 0 aliphatic carbocycles. The van der Waals surface area contributed by atoms with E-state index in [0.29, 0.717) is 5.69 Å². The van der Waals surface area contributed by atoms with Crippen molar-refractivity contribution in [3.05, 3.63) is 53.9 Å². The van der Waals surface area contributed by atoms with Crippen molar-refractivity contribution >= 4 is 11.6 Å². The van der Waals surface area contributed by atoms with Crippen LogP contribution in [0.4, 0.5) is 5.69 Å². The Balaban J connectivity index is 1.91. The monoisotopic (exact) mass is 313 g/mol. The predicted octanol–water partition coefficient (Wildman–Crippen LogP) is 2.88. The summed E-state index contributed by atoms with van der Waals surface area (Å²) in [6, 6.07) is 11.7. The van der Waals surface area contributed by atoms with Crippen LogP contribution in [-0.4, -0.2) is 30.6 Å². The molecule has 0 atom stereocenters. The summed E-state index contributed by atoms with van der Waals surface area (Å²) < 4.78 is 5.22. The van der Waals surface area contributed by atoms with E-state index in [1.807, 2.05) is 38.1 Å². The Morgan fingerprint density at radius 3 is 2.83 bits per heavy atom. The maximum absolute atomic E-state index is 12.0. The van der Waals surface area contributed by atoms with E-state index < -0.39 is 0 Å². The standard InChI is InChI=1S/C18H23N3O2/c1-13(2)21-18(22)17-12-15(8-10-20-17)19-9-7-14-5-4-6-16(11-14)23-3/h4-6,8,10-13H,7,9H2,1-3H3,(H,19,20)(H,21,22). The second-order valence-corrected chi connectivity index (χ2v) is 5.59. The first-order valence-corrected chi connectivity index (χ1v) is 7.72. The third-order valence-corrected chi connectivity index (χ3v) is 3.29. The van der Waals surface area contributed by atoms with Crippen LogP contribution in [0.5, 0.6) is 5.75 Å². The lowest BCUT2D eigenvalue weighted by atomic mass is 10.1. The van der Waals surface area contributed by atoms with Gasteiger partial charge in [-0.25, -0.2) is 0 Å². The van der Waals surface area contributed by atoms with Crippen molar-refractivity contribution in [1.82, 2.24) is 10.3 Å². The summed E-state index contributed by atoms with van der Waals surface area (Å²) in [5, 5.41) is 6.16. The zero-order valence-corrected chi connectivity index (χ0v) is 13.8. The Kier molecular flexibility index (Phi) is 5.97. The number of amides is 1. The minimum Gasteiger partial charge on any atom is -0.497 e. The Labute approximate surface area is 137 Å². The number of hydrogen-bond donors (Lipinski definition) is 2. The van der Waals surface area contributed by atoms with Crippen LogP contribution < -0.4 is 15.4 Å². The number of benzene rings is 1. The Hall–Kier alpha value is -2.56. The highest BCUT2D eigenvalue weighted by Crippen LogP contribution is 2.14. The Morgan fingerprint density at radius 1 is 1.26 bits per heavy atom. The molecule has 0 spiro atoms. The fourth-order valence-electron chi connectivity index (χ4n) is 2.18. The number of nitrogens with zero attached hydrogens (tertiary/aromatic N) is 1. The lowest BCUT2D eigenvalue weighted by Gasteiger charge is -2.10. The maximum Gasteiger partial charge on any atom is 0.270 e. The topological polar surface area (TPSA) is 63.2 Å². The molecular formula is C18H23N3O2. The third kappa shape index (κ3) is 5.29. The average molecular weight is 313 g/mol. The van der Waals surface area contributed by atoms with E-state index in [4.69, 9.17) is 4.74 Å². The van der Waals surface area contributed by atoms with Gasteiger partial charge in [-0.15, -0.1) is 0 Å². The van der Waals surface area contributed by atoms with Crippen LogP contribution in [0.2, 0.25) is 0 Å². The average Bonchev–Trinajstić information content (AvgIpc) is 2.55. The van der Waals surface area contributed by atoms with Gasteiger partial charge in [0.25, 0.3) is 5.91 Å². The third-order valence-electron chi connectivity index (χ3n) is 3.29. The summed E-state index contributed by atoms with van der Waals surface area (Å²) in [4.78, 5) is 16.1. The van der Waals surface area contributed by atoms with Crippen LogP contribution >= 0.6 is 0 Å². The van der Waals surface area contributed by atoms with Gasteiger partial charge in [-0.2, -0.15) is 0 Å². The largest absolute Gasteiger partial charge is 0.497 e. The highest BCUT2D eigenvalue weighted by atomic mass is 16.5. The minimum atomic E-state index is -0.156. The van der Waals surface area contributed by atoms with Crippen LogP contribution in [0, 0.1) is 0 Å².